The van der Waals surface area contributed by atoms with Gasteiger partial charge in [-0.3, -0.25) is 0 Å². The maximum atomic E-state index is 4.85. The summed E-state index contributed by atoms with van der Waals surface area (Å²) in [5, 5.41) is 3.66. The standard InChI is InChI=1S/C14H20N4/c1-3-14(8-6-10-16-14)13-17-11-7-5-9-15-12(11)18(13)4-2/h5,7,9,16H,3-4,6,8,10H2,1-2H3. The maximum Gasteiger partial charge on any atom is 0.160 e. The predicted octanol–water partition coefficient (Wildman–Crippen LogP) is 2.44. The van der Waals surface area contributed by atoms with E-state index in [4.69, 9.17) is 4.98 Å². The molecule has 3 heterocycles. The van der Waals surface area contributed by atoms with E-state index in [0.29, 0.717) is 0 Å². The fourth-order valence-electron chi connectivity index (χ4n) is 3.08. The van der Waals surface area contributed by atoms with Crippen LogP contribution in [0.4, 0.5) is 0 Å². The number of aromatic nitrogens is 3. The number of hydrogen-bond acceptors (Lipinski definition) is 3. The molecule has 0 aromatic carbocycles. The number of nitrogens with one attached hydrogen (secondary N) is 1. The number of nitrogens with zero attached hydrogens (tertiary/aromatic N) is 3. The monoisotopic (exact) mass is 244 g/mol. The van der Waals surface area contributed by atoms with E-state index in [0.717, 1.165) is 30.7 Å². The molecule has 0 bridgehead atoms. The predicted molar refractivity (Wildman–Crippen MR) is 72.4 cm³/mol. The zero-order valence-electron chi connectivity index (χ0n) is 11.1. The van der Waals surface area contributed by atoms with E-state index in [1.54, 1.807) is 0 Å². The maximum absolute atomic E-state index is 4.85. The average Bonchev–Trinajstić information content (AvgIpc) is 3.03. The lowest BCUT2D eigenvalue weighted by Gasteiger charge is -2.28. The van der Waals surface area contributed by atoms with Crippen molar-refractivity contribution in [3.05, 3.63) is 24.2 Å². The summed E-state index contributed by atoms with van der Waals surface area (Å²) < 4.78 is 2.26. The second kappa shape index (κ2) is 4.35. The molecule has 1 aliphatic rings. The van der Waals surface area contributed by atoms with Crippen LogP contribution in [0.15, 0.2) is 18.3 Å². The zero-order valence-corrected chi connectivity index (χ0v) is 11.1. The van der Waals surface area contributed by atoms with Gasteiger partial charge in [0.25, 0.3) is 0 Å². The molecular weight excluding hydrogens is 224 g/mol. The van der Waals surface area contributed by atoms with E-state index < -0.39 is 0 Å². The highest BCUT2D eigenvalue weighted by molar-refractivity contribution is 5.71. The molecule has 4 nitrogen and oxygen atoms in total. The molecule has 2 aromatic heterocycles. The molecular formula is C14H20N4. The molecule has 0 saturated carbocycles. The van der Waals surface area contributed by atoms with Gasteiger partial charge >= 0.3 is 0 Å². The van der Waals surface area contributed by atoms with Crippen molar-refractivity contribution in [1.82, 2.24) is 19.9 Å². The van der Waals surface area contributed by atoms with Gasteiger partial charge < -0.3 is 9.88 Å². The molecule has 0 spiro atoms. The van der Waals surface area contributed by atoms with Gasteiger partial charge in [0.1, 0.15) is 11.3 Å². The van der Waals surface area contributed by atoms with Crippen LogP contribution in [0.3, 0.4) is 0 Å². The van der Waals surface area contributed by atoms with Crippen molar-refractivity contribution in [1.29, 1.82) is 0 Å². The van der Waals surface area contributed by atoms with E-state index in [1.165, 1.54) is 18.7 Å². The molecule has 1 N–H and O–H groups in total. The number of rotatable bonds is 3. The molecule has 4 heteroatoms. The van der Waals surface area contributed by atoms with E-state index in [-0.39, 0.29) is 5.54 Å². The summed E-state index contributed by atoms with van der Waals surface area (Å²) in [7, 11) is 0. The van der Waals surface area contributed by atoms with Crippen LogP contribution in [0.2, 0.25) is 0 Å². The first-order valence-corrected chi connectivity index (χ1v) is 6.87. The second-order valence-corrected chi connectivity index (χ2v) is 4.99. The van der Waals surface area contributed by atoms with Crippen molar-refractivity contribution in [2.75, 3.05) is 6.54 Å². The minimum atomic E-state index is 0.0523. The van der Waals surface area contributed by atoms with Gasteiger partial charge in [-0.25, -0.2) is 9.97 Å². The lowest BCUT2D eigenvalue weighted by Crippen LogP contribution is -2.38. The zero-order chi connectivity index (χ0) is 12.6. The molecule has 1 aliphatic heterocycles. The van der Waals surface area contributed by atoms with Crippen molar-refractivity contribution in [2.24, 2.45) is 0 Å². The van der Waals surface area contributed by atoms with Gasteiger partial charge in [-0.15, -0.1) is 0 Å². The Bertz CT molecular complexity index is 552. The first-order chi connectivity index (χ1) is 8.80. The number of pyridine rings is 1. The summed E-state index contributed by atoms with van der Waals surface area (Å²) in [6.45, 7) is 6.42. The van der Waals surface area contributed by atoms with E-state index in [1.807, 2.05) is 12.3 Å². The summed E-state index contributed by atoms with van der Waals surface area (Å²) in [5.74, 6) is 1.17. The van der Waals surface area contributed by atoms with Crippen LogP contribution in [0.25, 0.3) is 11.2 Å². The minimum absolute atomic E-state index is 0.0523. The van der Waals surface area contributed by atoms with E-state index in [9.17, 15) is 0 Å². The third kappa shape index (κ3) is 1.56. The van der Waals surface area contributed by atoms with Crippen molar-refractivity contribution in [3.63, 3.8) is 0 Å². The van der Waals surface area contributed by atoms with Gasteiger partial charge in [-0.1, -0.05) is 6.92 Å². The van der Waals surface area contributed by atoms with Crippen molar-refractivity contribution in [2.45, 2.75) is 45.2 Å². The fraction of sp³-hybridized carbons (Fsp3) is 0.571. The second-order valence-electron chi connectivity index (χ2n) is 4.99. The molecule has 96 valence electrons. The summed E-state index contributed by atoms with van der Waals surface area (Å²) in [5.41, 5.74) is 2.07. The Morgan fingerprint density at radius 3 is 3.00 bits per heavy atom. The highest BCUT2D eigenvalue weighted by Crippen LogP contribution is 2.34. The molecule has 1 unspecified atom stereocenters. The normalized spacial score (nSPS) is 23.9. The number of imidazole rings is 1. The Labute approximate surface area is 107 Å². The van der Waals surface area contributed by atoms with Crippen molar-refractivity contribution >= 4 is 11.2 Å². The van der Waals surface area contributed by atoms with Crippen molar-refractivity contribution < 1.29 is 0 Å². The quantitative estimate of drug-likeness (QED) is 0.901. The largest absolute Gasteiger partial charge is 0.311 e. The van der Waals surface area contributed by atoms with E-state index >= 15 is 0 Å². The topological polar surface area (TPSA) is 42.7 Å². The summed E-state index contributed by atoms with van der Waals surface area (Å²) in [6.07, 6.45) is 5.33. The van der Waals surface area contributed by atoms with Crippen LogP contribution in [-0.4, -0.2) is 21.1 Å². The third-order valence-electron chi connectivity index (χ3n) is 4.10. The van der Waals surface area contributed by atoms with Crippen LogP contribution in [0.1, 0.15) is 38.9 Å². The van der Waals surface area contributed by atoms with Crippen LogP contribution < -0.4 is 5.32 Å². The smallest absolute Gasteiger partial charge is 0.160 e. The summed E-state index contributed by atoms with van der Waals surface area (Å²) in [4.78, 5) is 9.33. The van der Waals surface area contributed by atoms with Crippen molar-refractivity contribution in [3.8, 4) is 0 Å². The van der Waals surface area contributed by atoms with Gasteiger partial charge in [0.05, 0.1) is 5.54 Å². The Balaban J connectivity index is 2.21. The first kappa shape index (κ1) is 11.7. The third-order valence-corrected chi connectivity index (χ3v) is 4.10. The summed E-state index contributed by atoms with van der Waals surface area (Å²) >= 11 is 0. The Kier molecular flexibility index (Phi) is 2.82. The lowest BCUT2D eigenvalue weighted by molar-refractivity contribution is 0.340. The van der Waals surface area contributed by atoms with Crippen LogP contribution >= 0.6 is 0 Å². The van der Waals surface area contributed by atoms with Gasteiger partial charge in [-0.05, 0) is 44.9 Å². The molecule has 18 heavy (non-hydrogen) atoms. The minimum Gasteiger partial charge on any atom is -0.311 e. The Morgan fingerprint density at radius 1 is 1.44 bits per heavy atom. The Hall–Kier alpha value is -1.42. The first-order valence-electron chi connectivity index (χ1n) is 6.87. The van der Waals surface area contributed by atoms with E-state index in [2.05, 4.69) is 34.8 Å². The molecule has 2 aromatic rings. The lowest BCUT2D eigenvalue weighted by atomic mass is 9.93. The van der Waals surface area contributed by atoms with Gasteiger partial charge in [-0.2, -0.15) is 0 Å². The number of fused-ring (bicyclic) bond motifs is 1. The highest BCUT2D eigenvalue weighted by Gasteiger charge is 2.38. The molecule has 0 radical (unpaired) electrons. The summed E-state index contributed by atoms with van der Waals surface area (Å²) in [6, 6.07) is 4.01. The number of hydrogen-bond donors (Lipinski definition) is 1. The van der Waals surface area contributed by atoms with Gasteiger partial charge in [0, 0.05) is 12.7 Å². The highest BCUT2D eigenvalue weighted by atomic mass is 15.2. The molecule has 3 rings (SSSR count). The fourth-order valence-corrected chi connectivity index (χ4v) is 3.08. The molecule has 1 fully saturated rings. The Morgan fingerprint density at radius 2 is 2.33 bits per heavy atom. The van der Waals surface area contributed by atoms with Gasteiger partial charge in [0.15, 0.2) is 5.65 Å². The van der Waals surface area contributed by atoms with Crippen LogP contribution in [0, 0.1) is 0 Å². The molecule has 0 amide bonds. The molecule has 1 atom stereocenters. The van der Waals surface area contributed by atoms with Crippen LogP contribution in [-0.2, 0) is 12.1 Å². The van der Waals surface area contributed by atoms with Crippen LogP contribution in [0.5, 0.6) is 0 Å². The average molecular weight is 244 g/mol. The number of aryl methyl sites for hydroxylation is 1. The van der Waals surface area contributed by atoms with Gasteiger partial charge in [0.2, 0.25) is 0 Å². The SMILES string of the molecule is CCn1c(C2(CC)CCCN2)nc2cccnc21. The molecule has 1 saturated heterocycles. The molecule has 0 aliphatic carbocycles.